The molecule has 1 amide bonds. The van der Waals surface area contributed by atoms with Crippen molar-refractivity contribution < 1.29 is 9.53 Å². The van der Waals surface area contributed by atoms with Gasteiger partial charge < -0.3 is 29.8 Å². The van der Waals surface area contributed by atoms with E-state index in [4.69, 9.17) is 15.5 Å². The third-order valence-corrected chi connectivity index (χ3v) is 11.1. The molecule has 5 heterocycles. The van der Waals surface area contributed by atoms with Crippen molar-refractivity contribution in [1.29, 1.82) is 0 Å². The van der Waals surface area contributed by atoms with Crippen LogP contribution >= 0.6 is 0 Å². The molecule has 3 N–H and O–H groups in total. The van der Waals surface area contributed by atoms with Crippen LogP contribution in [0.4, 0.5) is 0 Å². The third-order valence-electron chi connectivity index (χ3n) is 11.1. The average Bonchev–Trinajstić information content (AvgIpc) is 3.72. The molecule has 8 nitrogen and oxygen atoms in total. The number of hydrogen-bond donors (Lipinski definition) is 2. The van der Waals surface area contributed by atoms with Crippen molar-refractivity contribution in [1.82, 2.24) is 24.3 Å². The lowest BCUT2D eigenvalue weighted by atomic mass is 9.76. The molecule has 5 aliphatic rings. The van der Waals surface area contributed by atoms with Crippen LogP contribution in [0.1, 0.15) is 67.3 Å². The number of fused-ring (bicyclic) bond motifs is 5. The smallest absolute Gasteiger partial charge is 0.254 e. The summed E-state index contributed by atoms with van der Waals surface area (Å²) in [5.41, 5.74) is 12.7. The standard InChI is InChI=1S/C36H46N6O2/c1-40-34-30(15-27(17-32(34)44-2)36(43)41-21-26-12-13-28(41)18-29(26)37)39-35(40)31-16-25-7-3-6-24(11-10-22-5-4-14-38-19-22)33(25)42(31)20-23-8-9-23/h3,6-7,15-17,22-23,26,28-29,38H,4-5,8-14,18-21,37H2,1-2H3/t22?,26-,28-,29+/m1/s1. The van der Waals surface area contributed by atoms with E-state index in [-0.39, 0.29) is 18.0 Å². The number of hydrogen-bond acceptors (Lipinski definition) is 5. The number of benzene rings is 2. The number of nitrogens with one attached hydrogen (secondary N) is 1. The summed E-state index contributed by atoms with van der Waals surface area (Å²) >= 11 is 0. The number of carbonyl (C=O) groups is 1. The highest BCUT2D eigenvalue weighted by Crippen LogP contribution is 2.40. The number of aryl methyl sites for hydroxylation is 2. The van der Waals surface area contributed by atoms with Crippen LogP contribution in [-0.4, -0.2) is 63.8 Å². The fourth-order valence-corrected chi connectivity index (χ4v) is 8.46. The lowest BCUT2D eigenvalue weighted by Gasteiger charge is -2.48. The number of nitrogens with zero attached hydrogens (tertiary/aromatic N) is 4. The van der Waals surface area contributed by atoms with E-state index >= 15 is 0 Å². The topological polar surface area (TPSA) is 90.3 Å². The molecule has 4 aromatic rings. The molecule has 3 saturated heterocycles. The van der Waals surface area contributed by atoms with Gasteiger partial charge in [-0.15, -0.1) is 0 Å². The number of para-hydroxylation sites is 1. The van der Waals surface area contributed by atoms with E-state index in [0.717, 1.165) is 86.2 Å². The summed E-state index contributed by atoms with van der Waals surface area (Å²) in [6.45, 7) is 4.07. The van der Waals surface area contributed by atoms with Crippen LogP contribution in [0.5, 0.6) is 5.75 Å². The molecular formula is C36H46N6O2. The van der Waals surface area contributed by atoms with Gasteiger partial charge in [-0.25, -0.2) is 4.98 Å². The van der Waals surface area contributed by atoms with Gasteiger partial charge in [-0.3, -0.25) is 4.79 Å². The molecular weight excluding hydrogens is 548 g/mol. The van der Waals surface area contributed by atoms with E-state index in [1.54, 1.807) is 7.11 Å². The Morgan fingerprint density at radius 2 is 1.98 bits per heavy atom. The number of carbonyl (C=O) groups excluding carboxylic acids is 1. The van der Waals surface area contributed by atoms with Gasteiger partial charge in [0, 0.05) is 43.2 Å². The van der Waals surface area contributed by atoms with Gasteiger partial charge in [-0.1, -0.05) is 18.2 Å². The first-order chi connectivity index (χ1) is 21.5. The van der Waals surface area contributed by atoms with E-state index in [1.807, 2.05) is 12.1 Å². The van der Waals surface area contributed by atoms with Gasteiger partial charge in [0.15, 0.2) is 5.82 Å². The van der Waals surface area contributed by atoms with Gasteiger partial charge in [0.05, 0.1) is 23.8 Å². The van der Waals surface area contributed by atoms with Crippen molar-refractivity contribution in [2.75, 3.05) is 26.7 Å². The Morgan fingerprint density at radius 1 is 1.09 bits per heavy atom. The maximum absolute atomic E-state index is 13.9. The van der Waals surface area contributed by atoms with Crippen molar-refractivity contribution >= 4 is 27.8 Å². The Labute approximate surface area is 259 Å². The maximum Gasteiger partial charge on any atom is 0.254 e. The minimum Gasteiger partial charge on any atom is -0.494 e. The number of ether oxygens (including phenoxy) is 1. The highest BCUT2D eigenvalue weighted by molar-refractivity contribution is 6.00. The minimum atomic E-state index is 0.0691. The van der Waals surface area contributed by atoms with E-state index in [0.29, 0.717) is 17.2 Å². The molecule has 0 radical (unpaired) electrons. The summed E-state index contributed by atoms with van der Waals surface area (Å²) in [5, 5.41) is 4.88. The quantitative estimate of drug-likeness (QED) is 0.281. The van der Waals surface area contributed by atoms with Crippen LogP contribution in [-0.2, 0) is 20.0 Å². The zero-order valence-corrected chi connectivity index (χ0v) is 26.2. The number of aromatic nitrogens is 3. The Hall–Kier alpha value is -3.36. The zero-order valence-electron chi connectivity index (χ0n) is 26.2. The molecule has 2 aliphatic carbocycles. The van der Waals surface area contributed by atoms with Gasteiger partial charge >= 0.3 is 0 Å². The second-order valence-corrected chi connectivity index (χ2v) is 14.1. The summed E-state index contributed by atoms with van der Waals surface area (Å²) in [4.78, 5) is 21.2. The van der Waals surface area contributed by atoms with Gasteiger partial charge in [0.2, 0.25) is 0 Å². The van der Waals surface area contributed by atoms with Crippen LogP contribution < -0.4 is 15.8 Å². The molecule has 8 heteroatoms. The maximum atomic E-state index is 13.9. The van der Waals surface area contributed by atoms with Crippen LogP contribution in [0.3, 0.4) is 0 Å². The number of amides is 1. The molecule has 2 aromatic heterocycles. The van der Waals surface area contributed by atoms with Gasteiger partial charge in [-0.2, -0.15) is 0 Å². The van der Waals surface area contributed by atoms with Crippen molar-refractivity contribution in [3.05, 3.63) is 47.5 Å². The third kappa shape index (κ3) is 4.91. The predicted octanol–water partition coefficient (Wildman–Crippen LogP) is 5.50. The summed E-state index contributed by atoms with van der Waals surface area (Å²) in [6.07, 6.45) is 10.6. The number of piperidine rings is 3. The molecule has 4 atom stereocenters. The number of methoxy groups -OCH3 is 1. The first-order valence-electron chi connectivity index (χ1n) is 16.9. The SMILES string of the molecule is COc1cc(C(=O)N2C[C@H]3CC[C@@H]2C[C@@H]3N)cc2nc(-c3cc4cccc(CCC5CCCNC5)c4n3CC3CC3)n(C)c12. The van der Waals surface area contributed by atoms with Crippen molar-refractivity contribution in [3.8, 4) is 17.3 Å². The van der Waals surface area contributed by atoms with E-state index in [9.17, 15) is 4.79 Å². The normalized spacial score (nSPS) is 25.3. The zero-order chi connectivity index (χ0) is 29.9. The van der Waals surface area contributed by atoms with Gasteiger partial charge in [-0.05, 0) is 112 Å². The second-order valence-electron chi connectivity index (χ2n) is 14.1. The molecule has 1 unspecified atom stereocenters. The second kappa shape index (κ2) is 11.2. The number of nitrogens with two attached hydrogens (primary N) is 1. The summed E-state index contributed by atoms with van der Waals surface area (Å²) < 4.78 is 10.6. The molecule has 9 rings (SSSR count). The van der Waals surface area contributed by atoms with Crippen LogP contribution in [0, 0.1) is 17.8 Å². The molecule has 0 spiro atoms. The molecule has 3 aliphatic heterocycles. The summed E-state index contributed by atoms with van der Waals surface area (Å²) in [7, 11) is 3.77. The highest BCUT2D eigenvalue weighted by atomic mass is 16.5. The molecule has 2 saturated carbocycles. The van der Waals surface area contributed by atoms with E-state index in [1.165, 1.54) is 48.6 Å². The summed E-state index contributed by atoms with van der Waals surface area (Å²) in [5.74, 6) is 3.56. The Kier molecular flexibility index (Phi) is 7.17. The molecule has 2 bridgehead atoms. The Bertz CT molecular complexity index is 1710. The molecule has 44 heavy (non-hydrogen) atoms. The fourth-order valence-electron chi connectivity index (χ4n) is 8.46. The highest BCUT2D eigenvalue weighted by Gasteiger charge is 2.41. The average molecular weight is 595 g/mol. The fraction of sp³-hybridized carbons (Fsp3) is 0.556. The lowest BCUT2D eigenvalue weighted by Crippen LogP contribution is -2.58. The monoisotopic (exact) mass is 594 g/mol. The van der Waals surface area contributed by atoms with Crippen molar-refractivity contribution in [2.24, 2.45) is 30.5 Å². The Balaban J connectivity index is 1.18. The van der Waals surface area contributed by atoms with E-state index < -0.39 is 0 Å². The number of imidazole rings is 1. The summed E-state index contributed by atoms with van der Waals surface area (Å²) in [6, 6.07) is 13.5. The minimum absolute atomic E-state index is 0.0691. The largest absolute Gasteiger partial charge is 0.494 e. The Morgan fingerprint density at radius 3 is 2.70 bits per heavy atom. The van der Waals surface area contributed by atoms with E-state index in [2.05, 4.69) is 50.7 Å². The molecule has 5 fully saturated rings. The van der Waals surface area contributed by atoms with Crippen molar-refractivity contribution in [3.63, 3.8) is 0 Å². The van der Waals surface area contributed by atoms with Gasteiger partial charge in [0.1, 0.15) is 11.3 Å². The first kappa shape index (κ1) is 28.1. The molecule has 2 aromatic carbocycles. The van der Waals surface area contributed by atoms with Gasteiger partial charge in [0.25, 0.3) is 5.91 Å². The van der Waals surface area contributed by atoms with Crippen LogP contribution in [0.2, 0.25) is 0 Å². The number of rotatable bonds is 8. The van der Waals surface area contributed by atoms with Crippen LogP contribution in [0.15, 0.2) is 36.4 Å². The van der Waals surface area contributed by atoms with Crippen molar-refractivity contribution in [2.45, 2.75) is 76.4 Å². The first-order valence-corrected chi connectivity index (χ1v) is 16.9. The lowest BCUT2D eigenvalue weighted by molar-refractivity contribution is 0.0261. The predicted molar refractivity (Wildman–Crippen MR) is 175 cm³/mol. The molecule has 232 valence electrons. The van der Waals surface area contributed by atoms with Crippen LogP contribution in [0.25, 0.3) is 33.5 Å².